The lowest BCUT2D eigenvalue weighted by Gasteiger charge is -2.37. The lowest BCUT2D eigenvalue weighted by molar-refractivity contribution is -0.146. The number of carbonyl (C=O) groups excluding carboxylic acids is 2. The highest BCUT2D eigenvalue weighted by Crippen LogP contribution is 2.33. The standard InChI is InChI=1S/C11H13N3O2/c1-13-6-12-10-7(13)4-5-14-9(16)3-2-8(15)11(10)14/h6,11H,2-5H2,1H3. The maximum Gasteiger partial charge on any atom is 0.223 e. The molecule has 0 aromatic carbocycles. The lowest BCUT2D eigenvalue weighted by atomic mass is 9.92. The van der Waals surface area contributed by atoms with Crippen molar-refractivity contribution >= 4 is 11.7 Å². The monoisotopic (exact) mass is 219 g/mol. The molecule has 3 heterocycles. The van der Waals surface area contributed by atoms with E-state index in [2.05, 4.69) is 4.98 Å². The molecule has 1 saturated heterocycles. The number of rotatable bonds is 0. The number of fused-ring (bicyclic) bond motifs is 3. The van der Waals surface area contributed by atoms with Gasteiger partial charge in [0.1, 0.15) is 6.04 Å². The average molecular weight is 219 g/mol. The Morgan fingerprint density at radius 3 is 2.94 bits per heavy atom. The van der Waals surface area contributed by atoms with E-state index in [1.807, 2.05) is 11.6 Å². The van der Waals surface area contributed by atoms with E-state index in [9.17, 15) is 9.59 Å². The molecule has 0 aliphatic carbocycles. The Kier molecular flexibility index (Phi) is 1.89. The summed E-state index contributed by atoms with van der Waals surface area (Å²) < 4.78 is 1.94. The molecule has 1 unspecified atom stereocenters. The molecule has 2 aliphatic rings. The topological polar surface area (TPSA) is 55.2 Å². The highest BCUT2D eigenvalue weighted by Gasteiger charge is 2.40. The molecule has 1 amide bonds. The number of aromatic nitrogens is 2. The van der Waals surface area contributed by atoms with E-state index in [1.165, 1.54) is 0 Å². The first kappa shape index (κ1) is 9.57. The normalized spacial score (nSPS) is 24.3. The quantitative estimate of drug-likeness (QED) is 0.626. The number of carbonyl (C=O) groups is 2. The van der Waals surface area contributed by atoms with Gasteiger partial charge in [-0.2, -0.15) is 0 Å². The molecule has 1 aromatic heterocycles. The first-order valence-electron chi connectivity index (χ1n) is 5.51. The molecule has 0 bridgehead atoms. The Morgan fingerprint density at radius 2 is 2.12 bits per heavy atom. The van der Waals surface area contributed by atoms with Gasteiger partial charge in [-0.15, -0.1) is 0 Å². The molecule has 0 N–H and O–H groups in total. The first-order chi connectivity index (χ1) is 7.68. The predicted molar refractivity (Wildman–Crippen MR) is 55.6 cm³/mol. The summed E-state index contributed by atoms with van der Waals surface area (Å²) in [6.07, 6.45) is 3.23. The van der Waals surface area contributed by atoms with Crippen LogP contribution in [0.2, 0.25) is 0 Å². The minimum atomic E-state index is -0.411. The van der Waals surface area contributed by atoms with Crippen molar-refractivity contribution in [2.24, 2.45) is 7.05 Å². The third-order valence-electron chi connectivity index (χ3n) is 3.46. The van der Waals surface area contributed by atoms with Crippen molar-refractivity contribution in [3.63, 3.8) is 0 Å². The number of nitrogens with zero attached hydrogens (tertiary/aromatic N) is 3. The predicted octanol–water partition coefficient (Wildman–Crippen LogP) is 0.209. The molecule has 1 aromatic rings. The maximum atomic E-state index is 11.9. The van der Waals surface area contributed by atoms with E-state index < -0.39 is 6.04 Å². The summed E-state index contributed by atoms with van der Waals surface area (Å²) >= 11 is 0. The van der Waals surface area contributed by atoms with Gasteiger partial charge in [-0.25, -0.2) is 4.98 Å². The maximum absolute atomic E-state index is 11.9. The molecule has 0 saturated carbocycles. The third-order valence-corrected chi connectivity index (χ3v) is 3.46. The van der Waals surface area contributed by atoms with Gasteiger partial charge < -0.3 is 9.47 Å². The van der Waals surface area contributed by atoms with Crippen LogP contribution in [0.25, 0.3) is 0 Å². The van der Waals surface area contributed by atoms with Gasteiger partial charge in [0, 0.05) is 38.5 Å². The molecule has 16 heavy (non-hydrogen) atoms. The van der Waals surface area contributed by atoms with E-state index in [0.717, 1.165) is 17.8 Å². The zero-order chi connectivity index (χ0) is 11.3. The highest BCUT2D eigenvalue weighted by atomic mass is 16.2. The largest absolute Gasteiger partial charge is 0.337 e. The Morgan fingerprint density at radius 1 is 1.31 bits per heavy atom. The number of piperidine rings is 1. The van der Waals surface area contributed by atoms with Crippen LogP contribution in [0, 0.1) is 0 Å². The zero-order valence-corrected chi connectivity index (χ0v) is 9.14. The molecule has 0 spiro atoms. The van der Waals surface area contributed by atoms with Gasteiger partial charge >= 0.3 is 0 Å². The lowest BCUT2D eigenvalue weighted by Crippen LogP contribution is -2.47. The second-order valence-electron chi connectivity index (χ2n) is 4.39. The molecule has 2 aliphatic heterocycles. The van der Waals surface area contributed by atoms with Gasteiger partial charge in [0.2, 0.25) is 5.91 Å². The second kappa shape index (κ2) is 3.17. The number of hydrogen-bond acceptors (Lipinski definition) is 3. The van der Waals surface area contributed by atoms with Gasteiger partial charge in [0.25, 0.3) is 0 Å². The van der Waals surface area contributed by atoms with Crippen LogP contribution in [0.3, 0.4) is 0 Å². The Hall–Kier alpha value is -1.65. The van der Waals surface area contributed by atoms with Crippen molar-refractivity contribution in [3.05, 3.63) is 17.7 Å². The molecule has 1 fully saturated rings. The summed E-state index contributed by atoms with van der Waals surface area (Å²) in [6, 6.07) is -0.411. The fourth-order valence-corrected chi connectivity index (χ4v) is 2.62. The van der Waals surface area contributed by atoms with Gasteiger partial charge in [0.05, 0.1) is 12.0 Å². The van der Waals surface area contributed by atoms with Crippen LogP contribution in [-0.2, 0) is 23.1 Å². The summed E-state index contributed by atoms with van der Waals surface area (Å²) in [7, 11) is 1.93. The van der Waals surface area contributed by atoms with Crippen molar-refractivity contribution < 1.29 is 9.59 Å². The van der Waals surface area contributed by atoms with Crippen LogP contribution < -0.4 is 0 Å². The summed E-state index contributed by atoms with van der Waals surface area (Å²) in [4.78, 5) is 29.6. The van der Waals surface area contributed by atoms with Gasteiger partial charge in [-0.1, -0.05) is 0 Å². The molecule has 5 heteroatoms. The fraction of sp³-hybridized carbons (Fsp3) is 0.545. The van der Waals surface area contributed by atoms with E-state index >= 15 is 0 Å². The van der Waals surface area contributed by atoms with Crippen LogP contribution >= 0.6 is 0 Å². The van der Waals surface area contributed by atoms with E-state index in [4.69, 9.17) is 0 Å². The summed E-state index contributed by atoms with van der Waals surface area (Å²) in [5.41, 5.74) is 1.87. The highest BCUT2D eigenvalue weighted by molar-refractivity contribution is 5.96. The van der Waals surface area contributed by atoms with Crippen LogP contribution in [0.15, 0.2) is 6.33 Å². The minimum Gasteiger partial charge on any atom is -0.337 e. The summed E-state index contributed by atoms with van der Waals surface area (Å²) in [5, 5.41) is 0. The van der Waals surface area contributed by atoms with Gasteiger partial charge in [-0.3, -0.25) is 9.59 Å². The number of amides is 1. The van der Waals surface area contributed by atoms with Crippen molar-refractivity contribution in [2.45, 2.75) is 25.3 Å². The SMILES string of the molecule is Cn1cnc2c1CCN1C(=O)CCC(=O)C21. The van der Waals surface area contributed by atoms with Crippen molar-refractivity contribution in [2.75, 3.05) is 6.54 Å². The smallest absolute Gasteiger partial charge is 0.223 e. The Balaban J connectivity index is 2.09. The number of Topliss-reactive ketones (excluding diaryl/α,β-unsaturated/α-hetero) is 1. The molecular weight excluding hydrogens is 206 g/mol. The van der Waals surface area contributed by atoms with Gasteiger partial charge in [0.15, 0.2) is 5.78 Å². The first-order valence-corrected chi connectivity index (χ1v) is 5.51. The Bertz CT molecular complexity index is 478. The van der Waals surface area contributed by atoms with Crippen molar-refractivity contribution in [1.82, 2.24) is 14.5 Å². The van der Waals surface area contributed by atoms with E-state index in [-0.39, 0.29) is 11.7 Å². The molecule has 84 valence electrons. The number of imidazole rings is 1. The number of ketones is 1. The van der Waals surface area contributed by atoms with Crippen LogP contribution in [0.1, 0.15) is 30.3 Å². The average Bonchev–Trinajstić information content (AvgIpc) is 2.66. The Labute approximate surface area is 93.1 Å². The van der Waals surface area contributed by atoms with Crippen molar-refractivity contribution in [1.29, 1.82) is 0 Å². The third kappa shape index (κ3) is 1.14. The molecule has 0 radical (unpaired) electrons. The molecule has 1 atom stereocenters. The fourth-order valence-electron chi connectivity index (χ4n) is 2.62. The minimum absolute atomic E-state index is 0.0842. The number of aryl methyl sites for hydroxylation is 1. The summed E-state index contributed by atoms with van der Waals surface area (Å²) in [6.45, 7) is 0.641. The summed E-state index contributed by atoms with van der Waals surface area (Å²) in [5.74, 6) is 0.208. The van der Waals surface area contributed by atoms with Crippen molar-refractivity contribution in [3.8, 4) is 0 Å². The van der Waals surface area contributed by atoms with E-state index in [1.54, 1.807) is 11.2 Å². The second-order valence-corrected chi connectivity index (χ2v) is 4.39. The zero-order valence-electron chi connectivity index (χ0n) is 9.14. The van der Waals surface area contributed by atoms with Crippen LogP contribution in [0.4, 0.5) is 0 Å². The van der Waals surface area contributed by atoms with E-state index in [0.29, 0.717) is 19.4 Å². The number of hydrogen-bond donors (Lipinski definition) is 0. The van der Waals surface area contributed by atoms with Gasteiger partial charge in [-0.05, 0) is 0 Å². The van der Waals surface area contributed by atoms with Crippen LogP contribution in [-0.4, -0.2) is 32.7 Å². The molecule has 5 nitrogen and oxygen atoms in total. The van der Waals surface area contributed by atoms with Crippen LogP contribution in [0.5, 0.6) is 0 Å². The molecule has 3 rings (SSSR count). The molecular formula is C11H13N3O2.